The summed E-state index contributed by atoms with van der Waals surface area (Å²) in [4.78, 5) is 2.43. The lowest BCUT2D eigenvalue weighted by Gasteiger charge is -2.26. The number of hydrogen-bond donors (Lipinski definition) is 0. The van der Waals surface area contributed by atoms with Gasteiger partial charge in [-0.15, -0.1) is 11.3 Å². The van der Waals surface area contributed by atoms with Crippen LogP contribution in [0.3, 0.4) is 0 Å². The third kappa shape index (κ3) is 4.92. The van der Waals surface area contributed by atoms with E-state index >= 15 is 0 Å². The minimum absolute atomic E-state index is 1.12. The molecule has 0 bridgehead atoms. The summed E-state index contributed by atoms with van der Waals surface area (Å²) >= 11 is 1.87. The molecule has 0 amide bonds. The summed E-state index contributed by atoms with van der Waals surface area (Å²) in [7, 11) is 0. The van der Waals surface area contributed by atoms with Gasteiger partial charge in [-0.05, 0) is 108 Å². The maximum atomic E-state index is 2.43. The van der Waals surface area contributed by atoms with Gasteiger partial charge in [0.1, 0.15) is 0 Å². The van der Waals surface area contributed by atoms with Crippen LogP contribution >= 0.6 is 11.3 Å². The summed E-state index contributed by atoms with van der Waals surface area (Å²) in [5, 5.41) is 12.8. The van der Waals surface area contributed by atoms with Gasteiger partial charge in [-0.1, -0.05) is 158 Å². The fourth-order valence-corrected chi connectivity index (χ4v) is 9.71. The summed E-state index contributed by atoms with van der Waals surface area (Å²) in [6, 6.07) is 73.5. The molecule has 0 unspecified atom stereocenters. The molecule has 0 N–H and O–H groups in total. The van der Waals surface area contributed by atoms with Crippen molar-refractivity contribution in [3.63, 3.8) is 0 Å². The standard InChI is InChI=1S/C52H33NS/c1-4-15-41-34(11-1)14-9-19-42(41)36-23-28-39(29-24-36)53(49-21-10-20-47-45-18-7-8-22-50(45)54-52(47)49)40-30-25-37(26-31-40)48-33-38-13-3-5-16-43(38)46-32-27-35-12-2-6-17-44(35)51(46)48/h1-33H. The maximum absolute atomic E-state index is 2.43. The molecular weight excluding hydrogens is 671 g/mol. The molecule has 2 heteroatoms. The molecule has 0 spiro atoms. The fraction of sp³-hybridized carbons (Fsp3) is 0. The topological polar surface area (TPSA) is 3.24 Å². The molecule has 0 aliphatic rings. The van der Waals surface area contributed by atoms with Crippen molar-refractivity contribution in [3.05, 3.63) is 200 Å². The molecule has 0 aliphatic heterocycles. The highest BCUT2D eigenvalue weighted by molar-refractivity contribution is 7.26. The first-order chi connectivity index (χ1) is 26.8. The van der Waals surface area contributed by atoms with Crippen LogP contribution in [0.5, 0.6) is 0 Å². The summed E-state index contributed by atoms with van der Waals surface area (Å²) in [5.41, 5.74) is 8.34. The predicted octanol–water partition coefficient (Wildman–Crippen LogP) is 15.5. The van der Waals surface area contributed by atoms with E-state index in [1.165, 1.54) is 91.2 Å². The van der Waals surface area contributed by atoms with Gasteiger partial charge in [0.05, 0.1) is 10.4 Å². The van der Waals surface area contributed by atoms with E-state index in [9.17, 15) is 0 Å². The molecule has 0 fully saturated rings. The van der Waals surface area contributed by atoms with Crippen molar-refractivity contribution >= 4 is 91.7 Å². The summed E-state index contributed by atoms with van der Waals surface area (Å²) in [5.74, 6) is 0. The Morgan fingerprint density at radius 3 is 1.65 bits per heavy atom. The molecule has 54 heavy (non-hydrogen) atoms. The number of thiophene rings is 1. The number of nitrogens with zero attached hydrogens (tertiary/aromatic N) is 1. The van der Waals surface area contributed by atoms with E-state index in [0.29, 0.717) is 0 Å². The van der Waals surface area contributed by atoms with E-state index in [1.807, 2.05) is 11.3 Å². The Bertz CT molecular complexity index is 3200. The second kappa shape index (κ2) is 12.4. The number of anilines is 3. The monoisotopic (exact) mass is 703 g/mol. The minimum Gasteiger partial charge on any atom is -0.309 e. The van der Waals surface area contributed by atoms with Crippen LogP contribution in [0.1, 0.15) is 0 Å². The largest absolute Gasteiger partial charge is 0.309 e. The third-order valence-corrected chi connectivity index (χ3v) is 12.2. The van der Waals surface area contributed by atoms with Gasteiger partial charge in [0.25, 0.3) is 0 Å². The van der Waals surface area contributed by atoms with Crippen molar-refractivity contribution in [1.29, 1.82) is 0 Å². The van der Waals surface area contributed by atoms with Gasteiger partial charge in [-0.2, -0.15) is 0 Å². The highest BCUT2D eigenvalue weighted by Crippen LogP contribution is 2.46. The molecule has 0 saturated carbocycles. The first kappa shape index (κ1) is 30.8. The first-order valence-electron chi connectivity index (χ1n) is 18.5. The SMILES string of the molecule is c1ccc2c(-c3ccc(N(c4ccc(-c5cc6ccccc6c6ccc7ccccc7c56)cc4)c4cccc5c4sc4ccccc45)cc3)cccc2c1. The molecule has 0 radical (unpaired) electrons. The van der Waals surface area contributed by atoms with E-state index in [1.54, 1.807) is 0 Å². The predicted molar refractivity (Wildman–Crippen MR) is 235 cm³/mol. The highest BCUT2D eigenvalue weighted by atomic mass is 32.1. The lowest BCUT2D eigenvalue weighted by molar-refractivity contribution is 1.30. The van der Waals surface area contributed by atoms with E-state index < -0.39 is 0 Å². The van der Waals surface area contributed by atoms with Crippen LogP contribution in [-0.2, 0) is 0 Å². The summed E-state index contributed by atoms with van der Waals surface area (Å²) in [6.45, 7) is 0. The van der Waals surface area contributed by atoms with Crippen molar-refractivity contribution in [2.24, 2.45) is 0 Å². The Morgan fingerprint density at radius 1 is 0.333 bits per heavy atom. The van der Waals surface area contributed by atoms with Crippen LogP contribution in [0.4, 0.5) is 17.1 Å². The van der Waals surface area contributed by atoms with E-state index in [2.05, 4.69) is 205 Å². The molecule has 1 aromatic heterocycles. The minimum atomic E-state index is 1.12. The third-order valence-electron chi connectivity index (χ3n) is 11.0. The summed E-state index contributed by atoms with van der Waals surface area (Å²) < 4.78 is 2.59. The fourth-order valence-electron chi connectivity index (χ4n) is 8.50. The van der Waals surface area contributed by atoms with Crippen LogP contribution < -0.4 is 4.90 Å². The van der Waals surface area contributed by atoms with Crippen LogP contribution in [0.15, 0.2) is 200 Å². The zero-order chi connectivity index (χ0) is 35.6. The highest BCUT2D eigenvalue weighted by Gasteiger charge is 2.19. The molecular formula is C52H33NS. The molecule has 0 atom stereocenters. The Morgan fingerprint density at radius 2 is 0.889 bits per heavy atom. The van der Waals surface area contributed by atoms with E-state index in [0.717, 1.165) is 11.4 Å². The van der Waals surface area contributed by atoms with Gasteiger partial charge in [-0.3, -0.25) is 0 Å². The van der Waals surface area contributed by atoms with Crippen LogP contribution in [0, 0.1) is 0 Å². The molecule has 11 aromatic rings. The molecule has 0 saturated heterocycles. The molecule has 252 valence electrons. The van der Waals surface area contributed by atoms with Crippen LogP contribution in [-0.4, -0.2) is 0 Å². The zero-order valence-electron chi connectivity index (χ0n) is 29.4. The molecule has 11 rings (SSSR count). The number of rotatable bonds is 5. The number of hydrogen-bond acceptors (Lipinski definition) is 2. The maximum Gasteiger partial charge on any atom is 0.0640 e. The van der Waals surface area contributed by atoms with Crippen molar-refractivity contribution in [2.75, 3.05) is 4.90 Å². The molecule has 1 heterocycles. The van der Waals surface area contributed by atoms with Gasteiger partial charge in [0.15, 0.2) is 0 Å². The smallest absolute Gasteiger partial charge is 0.0640 e. The average molecular weight is 704 g/mol. The number of fused-ring (bicyclic) bond motifs is 9. The van der Waals surface area contributed by atoms with Crippen LogP contribution in [0.25, 0.3) is 85.5 Å². The normalized spacial score (nSPS) is 11.7. The van der Waals surface area contributed by atoms with E-state index in [-0.39, 0.29) is 0 Å². The van der Waals surface area contributed by atoms with Crippen LogP contribution in [0.2, 0.25) is 0 Å². The second-order valence-corrected chi connectivity index (χ2v) is 15.1. The van der Waals surface area contributed by atoms with Gasteiger partial charge >= 0.3 is 0 Å². The van der Waals surface area contributed by atoms with Crippen molar-refractivity contribution in [3.8, 4) is 22.3 Å². The zero-order valence-corrected chi connectivity index (χ0v) is 30.2. The van der Waals surface area contributed by atoms with Crippen molar-refractivity contribution < 1.29 is 0 Å². The van der Waals surface area contributed by atoms with Gasteiger partial charge in [-0.25, -0.2) is 0 Å². The Balaban J connectivity index is 1.09. The number of benzene rings is 10. The van der Waals surface area contributed by atoms with Crippen molar-refractivity contribution in [1.82, 2.24) is 0 Å². The Labute approximate surface area is 317 Å². The van der Waals surface area contributed by atoms with Gasteiger partial charge in [0, 0.05) is 26.8 Å². The Kier molecular flexibility index (Phi) is 7.11. The lowest BCUT2D eigenvalue weighted by atomic mass is 9.90. The summed E-state index contributed by atoms with van der Waals surface area (Å²) in [6.07, 6.45) is 0. The molecule has 0 aliphatic carbocycles. The lowest BCUT2D eigenvalue weighted by Crippen LogP contribution is -2.10. The van der Waals surface area contributed by atoms with E-state index in [4.69, 9.17) is 0 Å². The molecule has 10 aromatic carbocycles. The quantitative estimate of drug-likeness (QED) is 0.161. The van der Waals surface area contributed by atoms with Crippen molar-refractivity contribution in [2.45, 2.75) is 0 Å². The Hall–Kier alpha value is -6.74. The first-order valence-corrected chi connectivity index (χ1v) is 19.3. The second-order valence-electron chi connectivity index (χ2n) is 14.1. The van der Waals surface area contributed by atoms with Gasteiger partial charge in [0.2, 0.25) is 0 Å². The molecule has 1 nitrogen and oxygen atoms in total. The average Bonchev–Trinajstić information content (AvgIpc) is 3.63. The van der Waals surface area contributed by atoms with Gasteiger partial charge < -0.3 is 4.90 Å².